The van der Waals surface area contributed by atoms with Crippen molar-refractivity contribution in [1.82, 2.24) is 0 Å². The standard InChI is InChI=1S/C14H11F2/c1-9-3-4-14(10(2)5-9)11-6-12(15)8-13(16)7-11/h3,5-8H,1-2H3. The van der Waals surface area contributed by atoms with E-state index in [0.717, 1.165) is 22.8 Å². The molecule has 0 amide bonds. The predicted molar refractivity (Wildman–Crippen MR) is 60.1 cm³/mol. The third-order valence-corrected chi connectivity index (χ3v) is 2.43. The number of halogens is 2. The minimum atomic E-state index is -0.566. The molecule has 0 aliphatic carbocycles. The van der Waals surface area contributed by atoms with Crippen molar-refractivity contribution in [2.45, 2.75) is 13.8 Å². The molecular weight excluding hydrogens is 206 g/mol. The van der Waals surface area contributed by atoms with E-state index in [4.69, 9.17) is 0 Å². The fourth-order valence-corrected chi connectivity index (χ4v) is 1.76. The molecule has 0 fully saturated rings. The van der Waals surface area contributed by atoms with Gasteiger partial charge in [-0.25, -0.2) is 8.78 Å². The van der Waals surface area contributed by atoms with Gasteiger partial charge in [0.2, 0.25) is 0 Å². The van der Waals surface area contributed by atoms with Crippen molar-refractivity contribution in [2.75, 3.05) is 0 Å². The lowest BCUT2D eigenvalue weighted by Crippen LogP contribution is -1.88. The second-order valence-corrected chi connectivity index (χ2v) is 3.89. The quantitative estimate of drug-likeness (QED) is 0.676. The molecule has 0 atom stereocenters. The molecule has 0 unspecified atom stereocenters. The number of hydrogen-bond donors (Lipinski definition) is 0. The molecule has 2 rings (SSSR count). The zero-order valence-corrected chi connectivity index (χ0v) is 9.14. The maximum absolute atomic E-state index is 13.1. The highest BCUT2D eigenvalue weighted by Gasteiger charge is 2.06. The molecule has 0 aliphatic rings. The van der Waals surface area contributed by atoms with Crippen LogP contribution in [0.15, 0.2) is 30.3 Å². The maximum atomic E-state index is 13.1. The summed E-state index contributed by atoms with van der Waals surface area (Å²) in [6.45, 7) is 3.86. The van der Waals surface area contributed by atoms with Crippen molar-refractivity contribution in [3.05, 3.63) is 59.2 Å². The molecule has 2 aromatic carbocycles. The van der Waals surface area contributed by atoms with Gasteiger partial charge < -0.3 is 0 Å². The van der Waals surface area contributed by atoms with Gasteiger partial charge in [-0.1, -0.05) is 17.7 Å². The highest BCUT2D eigenvalue weighted by Crippen LogP contribution is 2.25. The van der Waals surface area contributed by atoms with Crippen LogP contribution in [0.25, 0.3) is 11.1 Å². The van der Waals surface area contributed by atoms with Crippen molar-refractivity contribution in [2.24, 2.45) is 0 Å². The Balaban J connectivity index is 2.58. The third kappa shape index (κ3) is 2.11. The van der Waals surface area contributed by atoms with Crippen molar-refractivity contribution in [1.29, 1.82) is 0 Å². The molecule has 0 bridgehead atoms. The van der Waals surface area contributed by atoms with E-state index in [1.807, 2.05) is 26.0 Å². The summed E-state index contributed by atoms with van der Waals surface area (Å²) in [5.41, 5.74) is 3.31. The van der Waals surface area contributed by atoms with Crippen LogP contribution in [0.4, 0.5) is 8.78 Å². The average molecular weight is 217 g/mol. The van der Waals surface area contributed by atoms with E-state index in [1.165, 1.54) is 12.1 Å². The summed E-state index contributed by atoms with van der Waals surface area (Å²) in [6.07, 6.45) is 0. The summed E-state index contributed by atoms with van der Waals surface area (Å²) in [7, 11) is 0. The Morgan fingerprint density at radius 2 is 1.56 bits per heavy atom. The molecule has 1 radical (unpaired) electrons. The molecule has 0 aliphatic heterocycles. The first-order valence-electron chi connectivity index (χ1n) is 5.01. The van der Waals surface area contributed by atoms with Crippen LogP contribution in [0.3, 0.4) is 0 Å². The number of benzene rings is 2. The summed E-state index contributed by atoms with van der Waals surface area (Å²) in [5, 5.41) is 0. The van der Waals surface area contributed by atoms with Crippen LogP contribution in [0, 0.1) is 31.5 Å². The molecule has 16 heavy (non-hydrogen) atoms. The maximum Gasteiger partial charge on any atom is 0.126 e. The Hall–Kier alpha value is -1.70. The molecule has 0 spiro atoms. The Morgan fingerprint density at radius 1 is 0.938 bits per heavy atom. The molecule has 0 N–H and O–H groups in total. The van der Waals surface area contributed by atoms with Gasteiger partial charge in [0.15, 0.2) is 0 Å². The Labute approximate surface area is 93.5 Å². The van der Waals surface area contributed by atoms with Crippen LogP contribution < -0.4 is 0 Å². The van der Waals surface area contributed by atoms with Crippen molar-refractivity contribution in [3.63, 3.8) is 0 Å². The highest BCUT2D eigenvalue weighted by molar-refractivity contribution is 5.67. The van der Waals surface area contributed by atoms with Gasteiger partial charge in [-0.15, -0.1) is 0 Å². The topological polar surface area (TPSA) is 0 Å². The van der Waals surface area contributed by atoms with E-state index < -0.39 is 11.6 Å². The molecule has 0 saturated carbocycles. The smallest absolute Gasteiger partial charge is 0.126 e. The highest BCUT2D eigenvalue weighted by atomic mass is 19.1. The van der Waals surface area contributed by atoms with Gasteiger partial charge in [-0.05, 0) is 48.7 Å². The van der Waals surface area contributed by atoms with Crippen LogP contribution in [-0.2, 0) is 0 Å². The summed E-state index contributed by atoms with van der Waals surface area (Å²) in [4.78, 5) is 0. The Bertz CT molecular complexity index is 510. The van der Waals surface area contributed by atoms with E-state index >= 15 is 0 Å². The lowest BCUT2D eigenvalue weighted by molar-refractivity contribution is 0.584. The minimum absolute atomic E-state index is 0.523. The van der Waals surface area contributed by atoms with Gasteiger partial charge in [-0.2, -0.15) is 0 Å². The Morgan fingerprint density at radius 3 is 2.12 bits per heavy atom. The summed E-state index contributed by atoms with van der Waals surface area (Å²) in [6, 6.07) is 10.3. The van der Waals surface area contributed by atoms with Crippen LogP contribution >= 0.6 is 0 Å². The predicted octanol–water partition coefficient (Wildman–Crippen LogP) is 4.05. The van der Waals surface area contributed by atoms with Gasteiger partial charge in [0, 0.05) is 6.07 Å². The van der Waals surface area contributed by atoms with Crippen molar-refractivity contribution < 1.29 is 8.78 Å². The first-order chi connectivity index (χ1) is 7.56. The molecule has 81 valence electrons. The summed E-state index contributed by atoms with van der Waals surface area (Å²) in [5.74, 6) is -1.13. The van der Waals surface area contributed by atoms with Crippen LogP contribution in [0.1, 0.15) is 11.1 Å². The van der Waals surface area contributed by atoms with Crippen molar-refractivity contribution in [3.8, 4) is 11.1 Å². The van der Waals surface area contributed by atoms with Gasteiger partial charge >= 0.3 is 0 Å². The SMILES string of the molecule is Cc1c[c]c(-c2cc(F)cc(F)c2)c(C)c1. The summed E-state index contributed by atoms with van der Waals surface area (Å²) < 4.78 is 26.1. The number of rotatable bonds is 1. The molecule has 0 saturated heterocycles. The first-order valence-corrected chi connectivity index (χ1v) is 5.01. The summed E-state index contributed by atoms with van der Waals surface area (Å²) >= 11 is 0. The molecule has 0 heterocycles. The fourth-order valence-electron chi connectivity index (χ4n) is 1.76. The normalized spacial score (nSPS) is 10.5. The fraction of sp³-hybridized carbons (Fsp3) is 0.143. The van der Waals surface area contributed by atoms with Gasteiger partial charge in [0.1, 0.15) is 11.6 Å². The number of hydrogen-bond acceptors (Lipinski definition) is 0. The molecule has 0 nitrogen and oxygen atoms in total. The van der Waals surface area contributed by atoms with E-state index in [0.29, 0.717) is 5.56 Å². The lowest BCUT2D eigenvalue weighted by Gasteiger charge is -2.07. The average Bonchev–Trinajstić information content (AvgIpc) is 2.15. The van der Waals surface area contributed by atoms with Crippen molar-refractivity contribution >= 4 is 0 Å². The van der Waals surface area contributed by atoms with Crippen LogP contribution in [-0.4, -0.2) is 0 Å². The first kappa shape index (κ1) is 10.8. The zero-order valence-electron chi connectivity index (χ0n) is 9.14. The van der Waals surface area contributed by atoms with Gasteiger partial charge in [0.05, 0.1) is 0 Å². The van der Waals surface area contributed by atoms with E-state index in [-0.39, 0.29) is 0 Å². The number of aryl methyl sites for hydroxylation is 2. The van der Waals surface area contributed by atoms with E-state index in [1.54, 1.807) is 0 Å². The van der Waals surface area contributed by atoms with E-state index in [9.17, 15) is 8.78 Å². The molecule has 2 heteroatoms. The largest absolute Gasteiger partial charge is 0.207 e. The van der Waals surface area contributed by atoms with Gasteiger partial charge in [-0.3, -0.25) is 0 Å². The molecule has 0 aromatic heterocycles. The van der Waals surface area contributed by atoms with Crippen LogP contribution in [0.2, 0.25) is 0 Å². The molecule has 2 aromatic rings. The molecular formula is C14H11F2. The third-order valence-electron chi connectivity index (χ3n) is 2.43. The van der Waals surface area contributed by atoms with Gasteiger partial charge in [0.25, 0.3) is 0 Å². The van der Waals surface area contributed by atoms with E-state index in [2.05, 4.69) is 6.07 Å². The minimum Gasteiger partial charge on any atom is -0.207 e. The zero-order chi connectivity index (χ0) is 11.7. The second kappa shape index (κ2) is 4.05. The van der Waals surface area contributed by atoms with Crippen LogP contribution in [0.5, 0.6) is 0 Å². The second-order valence-electron chi connectivity index (χ2n) is 3.89. The lowest BCUT2D eigenvalue weighted by atomic mass is 9.99. The monoisotopic (exact) mass is 217 g/mol. The Kier molecular flexibility index (Phi) is 2.73.